The number of allylic oxidation sites excluding steroid dienone is 1. The maximum atomic E-state index is 13.2. The lowest BCUT2D eigenvalue weighted by Crippen LogP contribution is -2.31. The van der Waals surface area contributed by atoms with Crippen molar-refractivity contribution in [3.8, 4) is 11.4 Å². The van der Waals surface area contributed by atoms with Gasteiger partial charge in [0, 0.05) is 23.7 Å². The van der Waals surface area contributed by atoms with Gasteiger partial charge in [-0.25, -0.2) is 9.07 Å². The van der Waals surface area contributed by atoms with E-state index in [9.17, 15) is 9.18 Å². The molecule has 8 heteroatoms. The summed E-state index contributed by atoms with van der Waals surface area (Å²) in [7, 11) is 0. The highest BCUT2D eigenvalue weighted by molar-refractivity contribution is 5.95. The van der Waals surface area contributed by atoms with Crippen molar-refractivity contribution in [1.29, 1.82) is 0 Å². The number of benzene rings is 1. The molecule has 130 valence electrons. The Morgan fingerprint density at radius 2 is 2.04 bits per heavy atom. The van der Waals surface area contributed by atoms with Gasteiger partial charge in [0.2, 0.25) is 11.9 Å². The average molecular weight is 350 g/mol. The normalized spacial score (nSPS) is 16.2. The summed E-state index contributed by atoms with van der Waals surface area (Å²) in [6.45, 7) is 1.76. The summed E-state index contributed by atoms with van der Waals surface area (Å²) in [5, 5.41) is 7.59. The van der Waals surface area contributed by atoms with Crippen LogP contribution >= 0.6 is 0 Å². The quantitative estimate of drug-likeness (QED) is 0.755. The molecule has 0 saturated heterocycles. The molecule has 0 radical (unpaired) electrons. The van der Waals surface area contributed by atoms with Crippen LogP contribution in [0.25, 0.3) is 11.4 Å². The Morgan fingerprint density at radius 3 is 2.69 bits per heavy atom. The summed E-state index contributed by atoms with van der Waals surface area (Å²) >= 11 is 0. The molecule has 26 heavy (non-hydrogen) atoms. The van der Waals surface area contributed by atoms with Gasteiger partial charge in [-0.2, -0.15) is 4.98 Å². The number of nitrogens with one attached hydrogen (secondary N) is 1. The van der Waals surface area contributed by atoms with E-state index in [1.807, 2.05) is 6.07 Å². The first-order valence-corrected chi connectivity index (χ1v) is 7.94. The molecule has 1 unspecified atom stereocenters. The number of hydrogen-bond donors (Lipinski definition) is 2. The van der Waals surface area contributed by atoms with E-state index in [0.717, 1.165) is 5.56 Å². The van der Waals surface area contributed by atoms with E-state index >= 15 is 0 Å². The fourth-order valence-corrected chi connectivity index (χ4v) is 3.04. The van der Waals surface area contributed by atoms with Gasteiger partial charge in [-0.05, 0) is 42.8 Å². The van der Waals surface area contributed by atoms with E-state index < -0.39 is 11.9 Å². The van der Waals surface area contributed by atoms with Gasteiger partial charge in [-0.1, -0.05) is 6.07 Å². The fraction of sp³-hybridized carbons (Fsp3) is 0.111. The molecule has 4 rings (SSSR count). The van der Waals surface area contributed by atoms with Gasteiger partial charge in [-0.3, -0.25) is 9.78 Å². The number of nitrogens with two attached hydrogens (primary N) is 1. The van der Waals surface area contributed by atoms with Crippen LogP contribution in [0.1, 0.15) is 18.5 Å². The van der Waals surface area contributed by atoms with E-state index in [1.165, 1.54) is 12.1 Å². The third-order valence-electron chi connectivity index (χ3n) is 4.22. The molecule has 3 heterocycles. The van der Waals surface area contributed by atoms with Gasteiger partial charge in [0.15, 0.2) is 5.82 Å². The Balaban J connectivity index is 1.87. The topological polar surface area (TPSA) is 98.7 Å². The van der Waals surface area contributed by atoms with Crippen molar-refractivity contribution in [2.45, 2.75) is 13.0 Å². The molecule has 1 atom stereocenters. The number of pyridine rings is 1. The zero-order chi connectivity index (χ0) is 18.3. The lowest BCUT2D eigenvalue weighted by Gasteiger charge is -2.27. The summed E-state index contributed by atoms with van der Waals surface area (Å²) in [4.78, 5) is 20.7. The Kier molecular flexibility index (Phi) is 3.72. The summed E-state index contributed by atoms with van der Waals surface area (Å²) in [6.07, 6.45) is 3.31. The third-order valence-corrected chi connectivity index (χ3v) is 4.22. The fourth-order valence-electron chi connectivity index (χ4n) is 3.04. The minimum Gasteiger partial charge on any atom is -0.366 e. The molecule has 0 fully saturated rings. The molecule has 7 nitrogen and oxygen atoms in total. The van der Waals surface area contributed by atoms with Gasteiger partial charge < -0.3 is 11.1 Å². The van der Waals surface area contributed by atoms with E-state index in [1.54, 1.807) is 42.2 Å². The lowest BCUT2D eigenvalue weighted by molar-refractivity contribution is -0.115. The van der Waals surface area contributed by atoms with E-state index in [-0.39, 0.29) is 5.82 Å². The van der Waals surface area contributed by atoms with Crippen LogP contribution in [0.15, 0.2) is 60.1 Å². The predicted octanol–water partition coefficient (Wildman–Crippen LogP) is 2.25. The number of nitrogens with zero attached hydrogens (tertiary/aromatic N) is 4. The average Bonchev–Trinajstić information content (AvgIpc) is 3.05. The van der Waals surface area contributed by atoms with Crippen molar-refractivity contribution in [1.82, 2.24) is 19.7 Å². The van der Waals surface area contributed by atoms with Crippen molar-refractivity contribution in [3.05, 3.63) is 71.4 Å². The number of rotatable bonds is 3. The molecular weight excluding hydrogens is 335 g/mol. The zero-order valence-electron chi connectivity index (χ0n) is 13.8. The first-order chi connectivity index (χ1) is 12.5. The first kappa shape index (κ1) is 15.9. The van der Waals surface area contributed by atoms with Crippen LogP contribution in [0.4, 0.5) is 10.3 Å². The molecule has 1 amide bonds. The van der Waals surface area contributed by atoms with Crippen LogP contribution in [-0.4, -0.2) is 25.7 Å². The molecule has 0 saturated carbocycles. The molecule has 0 bridgehead atoms. The van der Waals surface area contributed by atoms with Crippen molar-refractivity contribution in [3.63, 3.8) is 0 Å². The summed E-state index contributed by atoms with van der Waals surface area (Å²) in [5.41, 5.74) is 8.04. The lowest BCUT2D eigenvalue weighted by atomic mass is 9.97. The highest BCUT2D eigenvalue weighted by atomic mass is 19.1. The molecule has 1 aliphatic rings. The van der Waals surface area contributed by atoms with Crippen LogP contribution in [0.3, 0.4) is 0 Å². The number of fused-ring (bicyclic) bond motifs is 1. The summed E-state index contributed by atoms with van der Waals surface area (Å²) < 4.78 is 14.8. The molecule has 3 N–H and O–H groups in total. The standard InChI is InChI=1S/C18H15FN6O/c1-10-14(16(20)26)15(12-3-2-8-21-9-12)25-18(22-10)23-17(24-25)11-4-6-13(19)7-5-11/h2-9,15H,1H3,(H2,20,26)(H,22,23,24). The zero-order valence-corrected chi connectivity index (χ0v) is 13.8. The number of amides is 1. The van der Waals surface area contributed by atoms with Gasteiger partial charge in [0.05, 0.1) is 5.57 Å². The van der Waals surface area contributed by atoms with E-state index in [2.05, 4.69) is 20.4 Å². The Bertz CT molecular complexity index is 1010. The maximum Gasteiger partial charge on any atom is 0.248 e. The number of aromatic nitrogens is 4. The van der Waals surface area contributed by atoms with E-state index in [0.29, 0.717) is 28.6 Å². The molecule has 2 aromatic heterocycles. The largest absolute Gasteiger partial charge is 0.366 e. The van der Waals surface area contributed by atoms with Gasteiger partial charge in [0.25, 0.3) is 0 Å². The molecule has 0 spiro atoms. The van der Waals surface area contributed by atoms with Gasteiger partial charge in [-0.15, -0.1) is 5.10 Å². The Morgan fingerprint density at radius 1 is 1.27 bits per heavy atom. The van der Waals surface area contributed by atoms with Crippen LogP contribution in [0, 0.1) is 5.82 Å². The first-order valence-electron chi connectivity index (χ1n) is 7.94. The second kappa shape index (κ2) is 6.07. The van der Waals surface area contributed by atoms with Crippen molar-refractivity contribution in [2.24, 2.45) is 5.73 Å². The number of anilines is 1. The molecule has 1 aromatic carbocycles. The highest BCUT2D eigenvalue weighted by Crippen LogP contribution is 2.35. The number of carbonyl (C=O) groups is 1. The predicted molar refractivity (Wildman–Crippen MR) is 93.3 cm³/mol. The van der Waals surface area contributed by atoms with Crippen LogP contribution in [0.5, 0.6) is 0 Å². The number of hydrogen-bond acceptors (Lipinski definition) is 5. The minimum absolute atomic E-state index is 0.336. The molecule has 3 aromatic rings. The van der Waals surface area contributed by atoms with Gasteiger partial charge in [0.1, 0.15) is 11.9 Å². The number of primary amides is 1. The minimum atomic E-state index is -0.548. The Hall–Kier alpha value is -3.55. The smallest absolute Gasteiger partial charge is 0.248 e. The monoisotopic (exact) mass is 350 g/mol. The van der Waals surface area contributed by atoms with Gasteiger partial charge >= 0.3 is 0 Å². The third kappa shape index (κ3) is 2.61. The SMILES string of the molecule is CC1=C(C(N)=O)C(c2cccnc2)n2nc(-c3ccc(F)cc3)nc2N1. The second-order valence-corrected chi connectivity index (χ2v) is 5.93. The van der Waals surface area contributed by atoms with Crippen LogP contribution < -0.4 is 11.1 Å². The summed E-state index contributed by atoms with van der Waals surface area (Å²) in [5.74, 6) is 0.00605. The van der Waals surface area contributed by atoms with Crippen LogP contribution in [-0.2, 0) is 4.79 Å². The number of carbonyl (C=O) groups excluding carboxylic acids is 1. The van der Waals surface area contributed by atoms with Crippen molar-refractivity contribution >= 4 is 11.9 Å². The summed E-state index contributed by atoms with van der Waals surface area (Å²) in [6, 6.07) is 8.99. The molecular formula is C18H15FN6O. The van der Waals surface area contributed by atoms with Crippen LogP contribution in [0.2, 0.25) is 0 Å². The van der Waals surface area contributed by atoms with Crippen molar-refractivity contribution in [2.75, 3.05) is 5.32 Å². The molecule has 1 aliphatic heterocycles. The maximum absolute atomic E-state index is 13.2. The Labute approximate surface area is 148 Å². The molecule has 0 aliphatic carbocycles. The highest BCUT2D eigenvalue weighted by Gasteiger charge is 2.33. The van der Waals surface area contributed by atoms with E-state index in [4.69, 9.17) is 5.73 Å². The second-order valence-electron chi connectivity index (χ2n) is 5.93. The number of halogens is 1. The van der Waals surface area contributed by atoms with Crippen molar-refractivity contribution < 1.29 is 9.18 Å².